The van der Waals surface area contributed by atoms with E-state index in [0.29, 0.717) is 17.1 Å². The Balaban J connectivity index is 2.75. The summed E-state index contributed by atoms with van der Waals surface area (Å²) in [6, 6.07) is 6.74. The minimum Gasteiger partial charge on any atom is -0.468 e. The van der Waals surface area contributed by atoms with Crippen molar-refractivity contribution in [3.8, 4) is 6.07 Å². The van der Waals surface area contributed by atoms with Crippen LogP contribution in [0.25, 0.3) is 0 Å². The summed E-state index contributed by atoms with van der Waals surface area (Å²) < 4.78 is 4.75. The molecule has 0 saturated carbocycles. The molecule has 0 aliphatic rings. The highest BCUT2D eigenvalue weighted by Gasteiger charge is 2.22. The van der Waals surface area contributed by atoms with Gasteiger partial charge in [0, 0.05) is 11.6 Å². The van der Waals surface area contributed by atoms with Crippen molar-refractivity contribution in [2.75, 3.05) is 7.11 Å². The molecule has 4 nitrogen and oxygen atoms in total. The maximum atomic E-state index is 11.6. The van der Waals surface area contributed by atoms with E-state index in [1.807, 2.05) is 19.9 Å². The third kappa shape index (κ3) is 4.23. The second-order valence-corrected chi connectivity index (χ2v) is 4.95. The van der Waals surface area contributed by atoms with Crippen molar-refractivity contribution in [1.82, 2.24) is 5.32 Å². The molecular formula is C14H17ClN2O2. The zero-order valence-electron chi connectivity index (χ0n) is 11.2. The second kappa shape index (κ2) is 7.13. The van der Waals surface area contributed by atoms with Gasteiger partial charge in [-0.1, -0.05) is 31.5 Å². The number of nitriles is 1. The highest BCUT2D eigenvalue weighted by atomic mass is 35.5. The molecule has 19 heavy (non-hydrogen) atoms. The zero-order chi connectivity index (χ0) is 14.4. The lowest BCUT2D eigenvalue weighted by atomic mass is 10.0. The summed E-state index contributed by atoms with van der Waals surface area (Å²) in [5.74, 6) is -0.177. The van der Waals surface area contributed by atoms with Crippen LogP contribution in [0, 0.1) is 17.2 Å². The Morgan fingerprint density at radius 2 is 2.21 bits per heavy atom. The van der Waals surface area contributed by atoms with Gasteiger partial charge in [-0.25, -0.2) is 0 Å². The average molecular weight is 281 g/mol. The van der Waals surface area contributed by atoms with Crippen molar-refractivity contribution in [2.45, 2.75) is 26.4 Å². The number of nitrogens with zero attached hydrogens (tertiary/aromatic N) is 1. The molecular weight excluding hydrogens is 264 g/mol. The number of hydrogen-bond acceptors (Lipinski definition) is 4. The summed E-state index contributed by atoms with van der Waals surface area (Å²) in [7, 11) is 1.37. The molecule has 0 amide bonds. The maximum absolute atomic E-state index is 11.6. The third-order valence-corrected chi connectivity index (χ3v) is 3.17. The minimum atomic E-state index is -0.378. The number of ether oxygens (including phenoxy) is 1. The van der Waals surface area contributed by atoms with E-state index < -0.39 is 0 Å². The van der Waals surface area contributed by atoms with Gasteiger partial charge in [-0.2, -0.15) is 5.26 Å². The summed E-state index contributed by atoms with van der Waals surface area (Å²) >= 11 is 6.08. The Hall–Kier alpha value is -1.57. The molecule has 0 spiro atoms. The number of hydrogen-bond donors (Lipinski definition) is 1. The topological polar surface area (TPSA) is 62.1 Å². The Kier molecular flexibility index (Phi) is 5.81. The number of carbonyl (C=O) groups excluding carboxylic acids is 1. The quantitative estimate of drug-likeness (QED) is 0.842. The van der Waals surface area contributed by atoms with Crippen LogP contribution >= 0.6 is 11.6 Å². The molecule has 1 N–H and O–H groups in total. The Morgan fingerprint density at radius 3 is 2.68 bits per heavy atom. The molecule has 1 atom stereocenters. The molecule has 0 aliphatic heterocycles. The number of esters is 1. The largest absolute Gasteiger partial charge is 0.468 e. The predicted molar refractivity (Wildman–Crippen MR) is 73.6 cm³/mol. The summed E-state index contributed by atoms with van der Waals surface area (Å²) in [4.78, 5) is 11.6. The molecule has 0 bridgehead atoms. The first kappa shape index (κ1) is 15.5. The number of carbonyl (C=O) groups is 1. The van der Waals surface area contributed by atoms with Crippen LogP contribution < -0.4 is 5.32 Å². The standard InChI is InChI=1S/C14H17ClN2O2/c1-9(2)13(14(18)19-3)17-8-11-5-4-10(7-16)6-12(11)15/h4-6,9,13,17H,8H2,1-3H3. The predicted octanol–water partition coefficient (Wildman–Crippen LogP) is 2.50. The molecule has 0 fully saturated rings. The van der Waals surface area contributed by atoms with Gasteiger partial charge in [-0.15, -0.1) is 0 Å². The summed E-state index contributed by atoms with van der Waals surface area (Å²) in [6.07, 6.45) is 0. The van der Waals surface area contributed by atoms with E-state index in [1.54, 1.807) is 18.2 Å². The van der Waals surface area contributed by atoms with E-state index in [0.717, 1.165) is 5.56 Å². The summed E-state index contributed by atoms with van der Waals surface area (Å²) in [6.45, 7) is 4.33. The Labute approximate surface area is 118 Å². The first-order chi connectivity index (χ1) is 8.99. The van der Waals surface area contributed by atoms with Crippen LogP contribution in [0.1, 0.15) is 25.0 Å². The van der Waals surface area contributed by atoms with Gasteiger partial charge in [0.2, 0.25) is 0 Å². The fourth-order valence-corrected chi connectivity index (χ4v) is 1.95. The van der Waals surface area contributed by atoms with Crippen LogP contribution in [0.15, 0.2) is 18.2 Å². The molecule has 1 unspecified atom stereocenters. The number of halogens is 1. The van der Waals surface area contributed by atoms with Crippen LogP contribution in [0.3, 0.4) is 0 Å². The van der Waals surface area contributed by atoms with Crippen molar-refractivity contribution in [3.63, 3.8) is 0 Å². The van der Waals surface area contributed by atoms with Gasteiger partial charge < -0.3 is 10.1 Å². The van der Waals surface area contributed by atoms with Crippen molar-refractivity contribution in [2.24, 2.45) is 5.92 Å². The fourth-order valence-electron chi connectivity index (χ4n) is 1.70. The first-order valence-corrected chi connectivity index (χ1v) is 6.37. The van der Waals surface area contributed by atoms with Crippen molar-refractivity contribution in [1.29, 1.82) is 5.26 Å². The van der Waals surface area contributed by atoms with Gasteiger partial charge in [-0.05, 0) is 23.6 Å². The second-order valence-electron chi connectivity index (χ2n) is 4.54. The van der Waals surface area contributed by atoms with Crippen LogP contribution in [-0.4, -0.2) is 19.1 Å². The van der Waals surface area contributed by atoms with Crippen molar-refractivity contribution in [3.05, 3.63) is 34.3 Å². The van der Waals surface area contributed by atoms with Gasteiger partial charge in [0.25, 0.3) is 0 Å². The zero-order valence-corrected chi connectivity index (χ0v) is 12.0. The molecule has 102 valence electrons. The molecule has 0 aromatic heterocycles. The molecule has 1 aromatic rings. The average Bonchev–Trinajstić information content (AvgIpc) is 2.39. The Morgan fingerprint density at radius 1 is 1.53 bits per heavy atom. The highest BCUT2D eigenvalue weighted by Crippen LogP contribution is 2.18. The molecule has 0 heterocycles. The van der Waals surface area contributed by atoms with Crippen LogP contribution in [0.2, 0.25) is 5.02 Å². The highest BCUT2D eigenvalue weighted by molar-refractivity contribution is 6.31. The van der Waals surface area contributed by atoms with Gasteiger partial charge >= 0.3 is 5.97 Å². The fraction of sp³-hybridized carbons (Fsp3) is 0.429. The van der Waals surface area contributed by atoms with E-state index in [4.69, 9.17) is 21.6 Å². The van der Waals surface area contributed by atoms with E-state index in [9.17, 15) is 4.79 Å². The molecule has 0 radical (unpaired) electrons. The normalized spacial score (nSPS) is 12.0. The van der Waals surface area contributed by atoms with Crippen molar-refractivity contribution < 1.29 is 9.53 Å². The van der Waals surface area contributed by atoms with Crippen LogP contribution in [0.5, 0.6) is 0 Å². The van der Waals surface area contributed by atoms with Crippen molar-refractivity contribution >= 4 is 17.6 Å². The van der Waals surface area contributed by atoms with Crippen LogP contribution in [-0.2, 0) is 16.1 Å². The molecule has 0 saturated heterocycles. The molecule has 1 aromatic carbocycles. The lowest BCUT2D eigenvalue weighted by Crippen LogP contribution is -2.41. The maximum Gasteiger partial charge on any atom is 0.323 e. The van der Waals surface area contributed by atoms with Gasteiger partial charge in [-0.3, -0.25) is 4.79 Å². The molecule has 0 aliphatic carbocycles. The first-order valence-electron chi connectivity index (χ1n) is 5.99. The lowest BCUT2D eigenvalue weighted by molar-refractivity contribution is -0.144. The number of benzene rings is 1. The number of nitrogens with one attached hydrogen (secondary N) is 1. The van der Waals surface area contributed by atoms with E-state index >= 15 is 0 Å². The van der Waals surface area contributed by atoms with Gasteiger partial charge in [0.05, 0.1) is 18.7 Å². The number of rotatable bonds is 5. The SMILES string of the molecule is COC(=O)C(NCc1ccc(C#N)cc1Cl)C(C)C. The number of methoxy groups -OCH3 is 1. The van der Waals surface area contributed by atoms with Crippen LogP contribution in [0.4, 0.5) is 0 Å². The summed E-state index contributed by atoms with van der Waals surface area (Å²) in [5.41, 5.74) is 1.36. The van der Waals surface area contributed by atoms with E-state index in [2.05, 4.69) is 5.32 Å². The Bertz CT molecular complexity index is 495. The molecule has 5 heteroatoms. The minimum absolute atomic E-state index is 0.115. The smallest absolute Gasteiger partial charge is 0.323 e. The third-order valence-electron chi connectivity index (χ3n) is 2.82. The van der Waals surface area contributed by atoms with E-state index in [1.165, 1.54) is 7.11 Å². The monoisotopic (exact) mass is 280 g/mol. The van der Waals surface area contributed by atoms with Gasteiger partial charge in [0.1, 0.15) is 6.04 Å². The van der Waals surface area contributed by atoms with E-state index in [-0.39, 0.29) is 17.9 Å². The molecule has 1 rings (SSSR count). The summed E-state index contributed by atoms with van der Waals surface area (Å²) in [5, 5.41) is 12.4. The lowest BCUT2D eigenvalue weighted by Gasteiger charge is -2.20. The van der Waals surface area contributed by atoms with Gasteiger partial charge in [0.15, 0.2) is 0 Å².